The molecule has 4 nitrogen and oxygen atoms in total. The van der Waals surface area contributed by atoms with E-state index in [1.54, 1.807) is 12.1 Å². The van der Waals surface area contributed by atoms with E-state index in [9.17, 15) is 10.1 Å². The number of benzene rings is 2. The van der Waals surface area contributed by atoms with E-state index in [0.29, 0.717) is 5.69 Å². The van der Waals surface area contributed by atoms with Crippen molar-refractivity contribution in [1.82, 2.24) is 0 Å². The summed E-state index contributed by atoms with van der Waals surface area (Å²) in [4.78, 5) is 14.8. The summed E-state index contributed by atoms with van der Waals surface area (Å²) in [5, 5.41) is 12.2. The number of hydrogen-bond donors (Lipinski definition) is 1. The Balaban J connectivity index is 1.72. The van der Waals surface area contributed by atoms with Crippen LogP contribution >= 0.6 is 15.9 Å². The standard InChI is InChI=1S/C22H22BrN3O/c23-20-7-3-4-8-21(20)25-22(27)18(16-24)15-17-9-11-19(12-10-17)26-13-5-1-2-6-14-26/h3-4,7-12,15H,1-2,5-6,13-14H2,(H,25,27)/b18-15-. The van der Waals surface area contributed by atoms with Crippen molar-refractivity contribution in [3.63, 3.8) is 0 Å². The molecule has 138 valence electrons. The molecule has 2 aromatic rings. The minimum absolute atomic E-state index is 0.0771. The largest absolute Gasteiger partial charge is 0.372 e. The van der Waals surface area contributed by atoms with E-state index in [1.807, 2.05) is 36.4 Å². The van der Waals surface area contributed by atoms with Gasteiger partial charge in [0.25, 0.3) is 5.91 Å². The predicted molar refractivity (Wildman–Crippen MR) is 113 cm³/mol. The number of nitriles is 1. The van der Waals surface area contributed by atoms with Gasteiger partial charge in [0.1, 0.15) is 11.6 Å². The number of nitrogens with zero attached hydrogens (tertiary/aromatic N) is 2. The van der Waals surface area contributed by atoms with Gasteiger partial charge in [0, 0.05) is 23.2 Å². The van der Waals surface area contributed by atoms with Crippen molar-refractivity contribution in [2.24, 2.45) is 0 Å². The molecule has 2 aromatic carbocycles. The number of rotatable bonds is 4. The minimum atomic E-state index is -0.416. The van der Waals surface area contributed by atoms with Crippen molar-refractivity contribution in [2.45, 2.75) is 25.7 Å². The molecule has 0 spiro atoms. The number of amides is 1. The summed E-state index contributed by atoms with van der Waals surface area (Å²) >= 11 is 3.39. The molecule has 3 rings (SSSR count). The SMILES string of the molecule is N#C/C(=C/c1ccc(N2CCCCCC2)cc1)C(=O)Nc1ccccc1Br. The number of halogens is 1. The molecule has 0 saturated carbocycles. The van der Waals surface area contributed by atoms with Crippen LogP contribution in [0.25, 0.3) is 6.08 Å². The fourth-order valence-electron chi connectivity index (χ4n) is 3.18. The minimum Gasteiger partial charge on any atom is -0.372 e. The first-order chi connectivity index (χ1) is 13.2. The lowest BCUT2D eigenvalue weighted by molar-refractivity contribution is -0.112. The second-order valence-electron chi connectivity index (χ2n) is 6.60. The second-order valence-corrected chi connectivity index (χ2v) is 7.45. The third kappa shape index (κ3) is 5.21. The fourth-order valence-corrected chi connectivity index (χ4v) is 3.56. The molecular formula is C22H22BrN3O. The average Bonchev–Trinajstić information content (AvgIpc) is 2.98. The second kappa shape index (κ2) is 9.38. The summed E-state index contributed by atoms with van der Waals surface area (Å²) in [6.45, 7) is 2.18. The van der Waals surface area contributed by atoms with Gasteiger partial charge in [-0.1, -0.05) is 37.1 Å². The Labute approximate surface area is 168 Å². The quantitative estimate of drug-likeness (QED) is 0.530. The monoisotopic (exact) mass is 423 g/mol. The molecule has 1 amide bonds. The van der Waals surface area contributed by atoms with E-state index in [4.69, 9.17) is 0 Å². The van der Waals surface area contributed by atoms with E-state index < -0.39 is 5.91 Å². The molecule has 1 fully saturated rings. The molecule has 1 aliphatic rings. The van der Waals surface area contributed by atoms with Crippen molar-refractivity contribution < 1.29 is 4.79 Å². The summed E-state index contributed by atoms with van der Waals surface area (Å²) in [7, 11) is 0. The zero-order valence-corrected chi connectivity index (χ0v) is 16.7. The molecule has 0 unspecified atom stereocenters. The Morgan fingerprint density at radius 2 is 1.70 bits per heavy atom. The van der Waals surface area contributed by atoms with Gasteiger partial charge in [0.05, 0.1) is 5.69 Å². The highest BCUT2D eigenvalue weighted by Gasteiger charge is 2.12. The highest BCUT2D eigenvalue weighted by molar-refractivity contribution is 9.10. The van der Waals surface area contributed by atoms with Gasteiger partial charge in [0.15, 0.2) is 0 Å². The average molecular weight is 424 g/mol. The van der Waals surface area contributed by atoms with Crippen LogP contribution < -0.4 is 10.2 Å². The number of anilines is 2. The Bertz CT molecular complexity index is 860. The molecule has 0 aromatic heterocycles. The number of para-hydroxylation sites is 1. The molecular weight excluding hydrogens is 402 g/mol. The molecule has 1 saturated heterocycles. The van der Waals surface area contributed by atoms with Crippen LogP contribution in [0, 0.1) is 11.3 Å². The fraction of sp³-hybridized carbons (Fsp3) is 0.273. The first kappa shape index (κ1) is 19.2. The topological polar surface area (TPSA) is 56.1 Å². The van der Waals surface area contributed by atoms with Gasteiger partial charge in [-0.05, 0) is 64.7 Å². The van der Waals surface area contributed by atoms with Gasteiger partial charge < -0.3 is 10.2 Å². The number of hydrogen-bond acceptors (Lipinski definition) is 3. The number of nitrogens with one attached hydrogen (secondary N) is 1. The first-order valence-electron chi connectivity index (χ1n) is 9.20. The van der Waals surface area contributed by atoms with Crippen LogP contribution in [0.5, 0.6) is 0 Å². The predicted octanol–water partition coefficient (Wildman–Crippen LogP) is 5.38. The summed E-state index contributed by atoms with van der Waals surface area (Å²) in [6.07, 6.45) is 6.69. The summed E-state index contributed by atoms with van der Waals surface area (Å²) in [5.41, 5.74) is 2.76. The smallest absolute Gasteiger partial charge is 0.266 e. The van der Waals surface area contributed by atoms with E-state index in [1.165, 1.54) is 31.4 Å². The Hall–Kier alpha value is -2.58. The van der Waals surface area contributed by atoms with E-state index >= 15 is 0 Å². The molecule has 1 N–H and O–H groups in total. The molecule has 0 atom stereocenters. The lowest BCUT2D eigenvalue weighted by atomic mass is 10.1. The van der Waals surface area contributed by atoms with Gasteiger partial charge in [-0.25, -0.2) is 0 Å². The Kier molecular flexibility index (Phi) is 6.67. The normalized spacial score (nSPS) is 15.0. The van der Waals surface area contributed by atoms with Crippen molar-refractivity contribution >= 4 is 39.3 Å². The molecule has 0 radical (unpaired) electrons. The van der Waals surface area contributed by atoms with Gasteiger partial charge in [-0.15, -0.1) is 0 Å². The molecule has 1 aliphatic heterocycles. The third-order valence-electron chi connectivity index (χ3n) is 4.66. The van der Waals surface area contributed by atoms with Crippen LogP contribution in [-0.2, 0) is 4.79 Å². The number of carbonyl (C=O) groups is 1. The Morgan fingerprint density at radius 3 is 2.33 bits per heavy atom. The first-order valence-corrected chi connectivity index (χ1v) is 9.99. The van der Waals surface area contributed by atoms with Crippen LogP contribution in [0.4, 0.5) is 11.4 Å². The number of carbonyl (C=O) groups excluding carboxylic acids is 1. The van der Waals surface area contributed by atoms with Crippen LogP contribution in [0.3, 0.4) is 0 Å². The maximum absolute atomic E-state index is 12.4. The highest BCUT2D eigenvalue weighted by atomic mass is 79.9. The van der Waals surface area contributed by atoms with Crippen molar-refractivity contribution in [1.29, 1.82) is 5.26 Å². The van der Waals surface area contributed by atoms with E-state index in [0.717, 1.165) is 23.1 Å². The van der Waals surface area contributed by atoms with Crippen LogP contribution in [0.15, 0.2) is 58.6 Å². The van der Waals surface area contributed by atoms with Crippen LogP contribution in [0.1, 0.15) is 31.2 Å². The maximum Gasteiger partial charge on any atom is 0.266 e. The molecule has 27 heavy (non-hydrogen) atoms. The van der Waals surface area contributed by atoms with E-state index in [2.05, 4.69) is 38.3 Å². The van der Waals surface area contributed by atoms with Crippen molar-refractivity contribution in [2.75, 3.05) is 23.3 Å². The molecule has 0 bridgehead atoms. The molecule has 1 heterocycles. The highest BCUT2D eigenvalue weighted by Crippen LogP contribution is 2.23. The zero-order valence-electron chi connectivity index (χ0n) is 15.1. The maximum atomic E-state index is 12.4. The van der Waals surface area contributed by atoms with Gasteiger partial charge >= 0.3 is 0 Å². The van der Waals surface area contributed by atoms with Gasteiger partial charge in [-0.2, -0.15) is 5.26 Å². The summed E-state index contributed by atoms with van der Waals surface area (Å²) in [6, 6.07) is 17.4. The van der Waals surface area contributed by atoms with Crippen LogP contribution in [-0.4, -0.2) is 19.0 Å². The summed E-state index contributed by atoms with van der Waals surface area (Å²) in [5.74, 6) is -0.416. The van der Waals surface area contributed by atoms with Crippen molar-refractivity contribution in [3.8, 4) is 6.07 Å². The lowest BCUT2D eigenvalue weighted by Crippen LogP contribution is -2.23. The van der Waals surface area contributed by atoms with Crippen molar-refractivity contribution in [3.05, 3.63) is 64.1 Å². The molecule has 0 aliphatic carbocycles. The molecule has 5 heteroatoms. The summed E-state index contributed by atoms with van der Waals surface area (Å²) < 4.78 is 0.775. The van der Waals surface area contributed by atoms with E-state index in [-0.39, 0.29) is 5.57 Å². The van der Waals surface area contributed by atoms with Gasteiger partial charge in [-0.3, -0.25) is 4.79 Å². The zero-order chi connectivity index (χ0) is 19.1. The van der Waals surface area contributed by atoms with Crippen LogP contribution in [0.2, 0.25) is 0 Å². The van der Waals surface area contributed by atoms with Gasteiger partial charge in [0.2, 0.25) is 0 Å². The lowest BCUT2D eigenvalue weighted by Gasteiger charge is -2.22. The Morgan fingerprint density at radius 1 is 1.04 bits per heavy atom. The third-order valence-corrected chi connectivity index (χ3v) is 5.35.